The molecule has 1 aliphatic carbocycles. The Kier molecular flexibility index (Phi) is 10.1. The first-order chi connectivity index (χ1) is 16.1. The van der Waals surface area contributed by atoms with Gasteiger partial charge in [0.25, 0.3) is 0 Å². The molecule has 0 saturated heterocycles. The minimum Gasteiger partial charge on any atom is -0.497 e. The number of thioether (sulfide) groups is 1. The highest BCUT2D eigenvalue weighted by atomic mass is 32.2. The molecule has 0 radical (unpaired) electrons. The number of nitrogens with one attached hydrogen (secondary N) is 1. The lowest BCUT2D eigenvalue weighted by molar-refractivity contribution is -0.140. The maximum atomic E-state index is 13.3. The van der Waals surface area contributed by atoms with Crippen molar-refractivity contribution in [2.24, 2.45) is 0 Å². The molecule has 0 heterocycles. The van der Waals surface area contributed by atoms with Crippen molar-refractivity contribution in [3.05, 3.63) is 65.7 Å². The van der Waals surface area contributed by atoms with Gasteiger partial charge in [-0.2, -0.15) is 11.8 Å². The lowest BCUT2D eigenvalue weighted by atomic mass is 9.95. The highest BCUT2D eigenvalue weighted by Crippen LogP contribution is 2.20. The quantitative estimate of drug-likeness (QED) is 0.462. The number of hydrogen-bond donors (Lipinski definition) is 1. The third-order valence-corrected chi connectivity index (χ3v) is 7.21. The predicted molar refractivity (Wildman–Crippen MR) is 135 cm³/mol. The minimum absolute atomic E-state index is 0.00433. The molecule has 2 aromatic rings. The number of hydrogen-bond acceptors (Lipinski definition) is 4. The normalized spacial score (nSPS) is 15.0. The van der Waals surface area contributed by atoms with E-state index in [0.29, 0.717) is 13.0 Å². The van der Waals surface area contributed by atoms with Gasteiger partial charge < -0.3 is 15.0 Å². The van der Waals surface area contributed by atoms with Crippen LogP contribution in [0, 0.1) is 0 Å². The molecule has 2 aromatic carbocycles. The first-order valence-corrected chi connectivity index (χ1v) is 13.1. The summed E-state index contributed by atoms with van der Waals surface area (Å²) in [6, 6.07) is 17.7. The number of carbonyl (C=O) groups excluding carboxylic acids is 2. The standard InChI is InChI=1S/C27H36N2O3S/c1-21(27(31)28-24-13-7-4-8-14-24)29(19-23-12-9-15-25(18-23)32-2)26(30)16-17-33-20-22-10-5-3-6-11-22/h3,5-6,9-12,15,18,21,24H,4,7-8,13-14,16-17,19-20H2,1-2H3,(H,28,31)/t21-/m1/s1. The summed E-state index contributed by atoms with van der Waals surface area (Å²) in [7, 11) is 1.63. The lowest BCUT2D eigenvalue weighted by Crippen LogP contribution is -2.50. The van der Waals surface area contributed by atoms with Crippen LogP contribution >= 0.6 is 11.8 Å². The zero-order chi connectivity index (χ0) is 23.5. The second-order valence-corrected chi connectivity index (χ2v) is 9.79. The third-order valence-electron chi connectivity index (χ3n) is 6.18. The average Bonchev–Trinajstić information content (AvgIpc) is 2.86. The van der Waals surface area contributed by atoms with Gasteiger partial charge in [-0.05, 0) is 43.0 Å². The van der Waals surface area contributed by atoms with Gasteiger partial charge in [0.1, 0.15) is 11.8 Å². The molecule has 3 rings (SSSR count). The van der Waals surface area contributed by atoms with Crippen LogP contribution in [-0.2, 0) is 21.9 Å². The Morgan fingerprint density at radius 3 is 2.52 bits per heavy atom. The lowest BCUT2D eigenvalue weighted by Gasteiger charge is -2.31. The molecule has 1 fully saturated rings. The number of ether oxygens (including phenoxy) is 1. The third kappa shape index (κ3) is 8.11. The molecule has 0 unspecified atom stereocenters. The summed E-state index contributed by atoms with van der Waals surface area (Å²) < 4.78 is 5.34. The van der Waals surface area contributed by atoms with Gasteiger partial charge in [0.2, 0.25) is 11.8 Å². The molecular weight excluding hydrogens is 432 g/mol. The Bertz CT molecular complexity index is 884. The van der Waals surface area contributed by atoms with Crippen LogP contribution in [0.2, 0.25) is 0 Å². The van der Waals surface area contributed by atoms with Crippen molar-refractivity contribution in [2.75, 3.05) is 12.9 Å². The first kappa shape index (κ1) is 25.2. The summed E-state index contributed by atoms with van der Waals surface area (Å²) in [5.41, 5.74) is 2.21. The number of carbonyl (C=O) groups is 2. The number of nitrogens with zero attached hydrogens (tertiary/aromatic N) is 1. The topological polar surface area (TPSA) is 58.6 Å². The van der Waals surface area contributed by atoms with Crippen LogP contribution < -0.4 is 10.1 Å². The largest absolute Gasteiger partial charge is 0.497 e. The van der Waals surface area contributed by atoms with Crippen molar-refractivity contribution in [3.63, 3.8) is 0 Å². The number of benzene rings is 2. The smallest absolute Gasteiger partial charge is 0.242 e. The highest BCUT2D eigenvalue weighted by Gasteiger charge is 2.28. The van der Waals surface area contributed by atoms with E-state index in [2.05, 4.69) is 17.4 Å². The van der Waals surface area contributed by atoms with E-state index in [1.54, 1.807) is 23.8 Å². The number of amides is 2. The maximum absolute atomic E-state index is 13.3. The van der Waals surface area contributed by atoms with E-state index in [-0.39, 0.29) is 17.9 Å². The van der Waals surface area contributed by atoms with Gasteiger partial charge in [0, 0.05) is 30.5 Å². The first-order valence-electron chi connectivity index (χ1n) is 11.9. The van der Waals surface area contributed by atoms with Crippen LogP contribution in [0.4, 0.5) is 0 Å². The van der Waals surface area contributed by atoms with Crippen LogP contribution in [0.3, 0.4) is 0 Å². The summed E-state index contributed by atoms with van der Waals surface area (Å²) >= 11 is 1.74. The van der Waals surface area contributed by atoms with Gasteiger partial charge in [-0.1, -0.05) is 61.7 Å². The average molecular weight is 469 g/mol. The van der Waals surface area contributed by atoms with Gasteiger partial charge in [0.05, 0.1) is 7.11 Å². The zero-order valence-corrected chi connectivity index (χ0v) is 20.6. The van der Waals surface area contributed by atoms with E-state index in [1.807, 2.05) is 49.4 Å². The molecule has 6 heteroatoms. The maximum Gasteiger partial charge on any atom is 0.242 e. The summed E-state index contributed by atoms with van der Waals surface area (Å²) in [6.45, 7) is 2.23. The van der Waals surface area contributed by atoms with Gasteiger partial charge in [-0.25, -0.2) is 0 Å². The Labute approximate surface area is 202 Å². The van der Waals surface area contributed by atoms with E-state index in [9.17, 15) is 9.59 Å². The molecule has 0 aromatic heterocycles. The SMILES string of the molecule is COc1cccc(CN(C(=O)CCSCc2ccccc2)[C@H](C)C(=O)NC2CCCCC2)c1. The van der Waals surface area contributed by atoms with Crippen molar-refractivity contribution >= 4 is 23.6 Å². The summed E-state index contributed by atoms with van der Waals surface area (Å²) in [5.74, 6) is 2.29. The molecule has 1 aliphatic rings. The Morgan fingerprint density at radius 2 is 1.79 bits per heavy atom. The van der Waals surface area contributed by atoms with Gasteiger partial charge in [-0.3, -0.25) is 9.59 Å². The molecule has 0 spiro atoms. The molecular formula is C27H36N2O3S. The van der Waals surface area contributed by atoms with Crippen molar-refractivity contribution in [1.82, 2.24) is 10.2 Å². The molecule has 178 valence electrons. The monoisotopic (exact) mass is 468 g/mol. The molecule has 33 heavy (non-hydrogen) atoms. The van der Waals surface area contributed by atoms with Crippen LogP contribution in [0.1, 0.15) is 56.6 Å². The fraction of sp³-hybridized carbons (Fsp3) is 0.481. The molecule has 0 bridgehead atoms. The van der Waals surface area contributed by atoms with Crippen LogP contribution in [0.15, 0.2) is 54.6 Å². The van der Waals surface area contributed by atoms with E-state index >= 15 is 0 Å². The van der Waals surface area contributed by atoms with Crippen molar-refractivity contribution in [1.29, 1.82) is 0 Å². The fourth-order valence-electron chi connectivity index (χ4n) is 4.19. The molecule has 0 aliphatic heterocycles. The summed E-state index contributed by atoms with van der Waals surface area (Å²) in [5, 5.41) is 3.19. The number of methoxy groups -OCH3 is 1. The van der Waals surface area contributed by atoms with Crippen LogP contribution in [0.25, 0.3) is 0 Å². The van der Waals surface area contributed by atoms with E-state index in [0.717, 1.165) is 48.5 Å². The highest BCUT2D eigenvalue weighted by molar-refractivity contribution is 7.98. The molecule has 1 saturated carbocycles. The molecule has 5 nitrogen and oxygen atoms in total. The van der Waals surface area contributed by atoms with Crippen LogP contribution in [0.5, 0.6) is 5.75 Å². The summed E-state index contributed by atoms with van der Waals surface area (Å²) in [6.07, 6.45) is 6.01. The fourth-order valence-corrected chi connectivity index (χ4v) is 5.08. The molecule has 2 amide bonds. The predicted octanol–water partition coefficient (Wildman–Crippen LogP) is 5.18. The van der Waals surface area contributed by atoms with Crippen molar-refractivity contribution in [3.8, 4) is 5.75 Å². The number of rotatable bonds is 11. The van der Waals surface area contributed by atoms with E-state index in [4.69, 9.17) is 4.74 Å². The van der Waals surface area contributed by atoms with Crippen molar-refractivity contribution < 1.29 is 14.3 Å². The van der Waals surface area contributed by atoms with E-state index < -0.39 is 6.04 Å². The Hall–Kier alpha value is -2.47. The van der Waals surface area contributed by atoms with Gasteiger partial charge in [-0.15, -0.1) is 0 Å². The van der Waals surface area contributed by atoms with Gasteiger partial charge in [0.15, 0.2) is 0 Å². The van der Waals surface area contributed by atoms with Crippen molar-refractivity contribution in [2.45, 2.75) is 69.8 Å². The second-order valence-electron chi connectivity index (χ2n) is 8.68. The minimum atomic E-state index is -0.523. The Balaban J connectivity index is 1.62. The van der Waals surface area contributed by atoms with Gasteiger partial charge >= 0.3 is 0 Å². The second kappa shape index (κ2) is 13.3. The molecule has 1 atom stereocenters. The zero-order valence-electron chi connectivity index (χ0n) is 19.8. The summed E-state index contributed by atoms with van der Waals surface area (Å²) in [4.78, 5) is 28.0. The van der Waals surface area contributed by atoms with E-state index in [1.165, 1.54) is 12.0 Å². The van der Waals surface area contributed by atoms with Crippen LogP contribution in [-0.4, -0.2) is 41.7 Å². The molecule has 1 N–H and O–H groups in total. The Morgan fingerprint density at radius 1 is 1.06 bits per heavy atom.